The molecule has 0 fully saturated rings. The Morgan fingerprint density at radius 1 is 1.24 bits per heavy atom. The molecule has 0 N–H and O–H groups in total. The zero-order chi connectivity index (χ0) is 20.4. The van der Waals surface area contributed by atoms with Crippen LogP contribution >= 0.6 is 0 Å². The van der Waals surface area contributed by atoms with Crippen molar-refractivity contribution in [2.75, 3.05) is 0 Å². The van der Waals surface area contributed by atoms with Crippen LogP contribution in [0.2, 0.25) is 0 Å². The molecule has 0 radical (unpaired) electrons. The molecular formula is C21H19F2N5O. The number of fused-ring (bicyclic) bond motifs is 1. The minimum atomic E-state index is -0.681. The maximum absolute atomic E-state index is 13.6. The summed E-state index contributed by atoms with van der Waals surface area (Å²) < 4.78 is 28.9. The van der Waals surface area contributed by atoms with E-state index >= 15 is 0 Å². The summed E-state index contributed by atoms with van der Waals surface area (Å²) in [4.78, 5) is 16.8. The van der Waals surface area contributed by atoms with Gasteiger partial charge in [0.2, 0.25) is 0 Å². The van der Waals surface area contributed by atoms with E-state index in [1.807, 2.05) is 16.9 Å². The monoisotopic (exact) mass is 395 g/mol. The summed E-state index contributed by atoms with van der Waals surface area (Å²) in [6.45, 7) is 4.51. The van der Waals surface area contributed by atoms with E-state index in [0.717, 1.165) is 17.0 Å². The average molecular weight is 395 g/mol. The number of rotatable bonds is 6. The van der Waals surface area contributed by atoms with E-state index in [4.69, 9.17) is 0 Å². The maximum atomic E-state index is 13.6. The van der Waals surface area contributed by atoms with Crippen LogP contribution in [0.1, 0.15) is 30.9 Å². The molecule has 1 aliphatic rings. The third-order valence-corrected chi connectivity index (χ3v) is 4.83. The van der Waals surface area contributed by atoms with Crippen LogP contribution in [-0.4, -0.2) is 31.9 Å². The number of hydrogen-bond donors (Lipinski definition) is 0. The summed E-state index contributed by atoms with van der Waals surface area (Å²) in [7, 11) is 0. The van der Waals surface area contributed by atoms with Gasteiger partial charge in [-0.25, -0.2) is 13.8 Å². The Bertz CT molecular complexity index is 1050. The van der Waals surface area contributed by atoms with Crippen LogP contribution in [-0.2, 0) is 11.3 Å². The third kappa shape index (κ3) is 4.06. The second-order valence-electron chi connectivity index (χ2n) is 6.94. The van der Waals surface area contributed by atoms with Gasteiger partial charge in [0.1, 0.15) is 17.2 Å². The van der Waals surface area contributed by atoms with E-state index < -0.39 is 17.7 Å². The molecule has 0 aliphatic carbocycles. The van der Waals surface area contributed by atoms with Crippen LogP contribution in [0.25, 0.3) is 10.9 Å². The molecule has 29 heavy (non-hydrogen) atoms. The molecule has 1 amide bonds. The molecule has 0 spiro atoms. The number of hydrogen-bond acceptors (Lipinski definition) is 4. The van der Waals surface area contributed by atoms with Gasteiger partial charge in [-0.3, -0.25) is 14.5 Å². The first-order chi connectivity index (χ1) is 14.0. The number of aryl methyl sites for hydroxylation is 1. The van der Waals surface area contributed by atoms with E-state index in [1.54, 1.807) is 18.6 Å². The summed E-state index contributed by atoms with van der Waals surface area (Å²) in [5.41, 5.74) is 1.58. The number of aromatic nitrogens is 3. The molecule has 6 nitrogen and oxygen atoms in total. The highest BCUT2D eigenvalue weighted by atomic mass is 19.1. The normalized spacial score (nSPS) is 15.9. The maximum Gasteiger partial charge on any atom is 0.269 e. The first kappa shape index (κ1) is 18.9. The lowest BCUT2D eigenvalue weighted by molar-refractivity contribution is -0.129. The SMILES string of the molecule is C=C(CCCn1cc2ccncc2n1)C(=O)N1N=CCC1c1cc(F)cc(F)c1. The van der Waals surface area contributed by atoms with Crippen molar-refractivity contribution < 1.29 is 13.6 Å². The first-order valence-corrected chi connectivity index (χ1v) is 9.28. The highest BCUT2D eigenvalue weighted by Crippen LogP contribution is 2.30. The molecule has 3 aromatic rings. The molecule has 8 heteroatoms. The molecule has 2 aromatic heterocycles. The predicted molar refractivity (Wildman–Crippen MR) is 105 cm³/mol. The topological polar surface area (TPSA) is 63.4 Å². The van der Waals surface area contributed by atoms with Crippen molar-refractivity contribution in [2.24, 2.45) is 5.10 Å². The Kier molecular flexibility index (Phi) is 5.16. The average Bonchev–Trinajstić information content (AvgIpc) is 3.33. The minimum absolute atomic E-state index is 0.344. The lowest BCUT2D eigenvalue weighted by atomic mass is 10.0. The molecule has 4 rings (SSSR count). The lowest BCUT2D eigenvalue weighted by Gasteiger charge is -2.23. The third-order valence-electron chi connectivity index (χ3n) is 4.83. The van der Waals surface area contributed by atoms with Crippen molar-refractivity contribution in [3.05, 3.63) is 72.2 Å². The van der Waals surface area contributed by atoms with Crippen LogP contribution in [0.4, 0.5) is 8.78 Å². The summed E-state index contributed by atoms with van der Waals surface area (Å²) in [5, 5.41) is 10.8. The van der Waals surface area contributed by atoms with Crippen LogP contribution in [0.5, 0.6) is 0 Å². The molecule has 0 saturated carbocycles. The Morgan fingerprint density at radius 3 is 2.79 bits per heavy atom. The van der Waals surface area contributed by atoms with Crippen LogP contribution in [0.15, 0.2) is 60.1 Å². The van der Waals surface area contributed by atoms with Gasteiger partial charge in [0.25, 0.3) is 5.91 Å². The molecule has 3 heterocycles. The van der Waals surface area contributed by atoms with Gasteiger partial charge >= 0.3 is 0 Å². The van der Waals surface area contributed by atoms with E-state index in [1.165, 1.54) is 17.1 Å². The number of pyridine rings is 1. The van der Waals surface area contributed by atoms with Crippen LogP contribution in [0, 0.1) is 11.6 Å². The summed E-state index contributed by atoms with van der Waals surface area (Å²) in [6.07, 6.45) is 8.45. The van der Waals surface area contributed by atoms with Crippen molar-refractivity contribution in [1.82, 2.24) is 19.8 Å². The second kappa shape index (κ2) is 7.90. The second-order valence-corrected chi connectivity index (χ2v) is 6.94. The number of nitrogens with zero attached hydrogens (tertiary/aromatic N) is 5. The zero-order valence-electron chi connectivity index (χ0n) is 15.6. The molecule has 1 atom stereocenters. The number of amides is 1. The standard InChI is InChI=1S/C21H19F2N5O/c1-14(3-2-8-27-13-15-4-6-24-12-19(15)26-27)21(29)28-20(5-7-25-28)16-9-17(22)11-18(23)10-16/h4,6-7,9-13,20H,1-3,5,8H2. The fourth-order valence-corrected chi connectivity index (χ4v) is 3.41. The van der Waals surface area contributed by atoms with E-state index in [-0.39, 0.29) is 5.91 Å². The highest BCUT2D eigenvalue weighted by Gasteiger charge is 2.30. The van der Waals surface area contributed by atoms with E-state index in [2.05, 4.69) is 21.8 Å². The van der Waals surface area contributed by atoms with Gasteiger partial charge in [0, 0.05) is 48.6 Å². The lowest BCUT2D eigenvalue weighted by Crippen LogP contribution is -2.28. The van der Waals surface area contributed by atoms with E-state index in [9.17, 15) is 13.6 Å². The molecule has 1 unspecified atom stereocenters. The van der Waals surface area contributed by atoms with Crippen LogP contribution < -0.4 is 0 Å². The molecule has 0 saturated heterocycles. The van der Waals surface area contributed by atoms with Crippen molar-refractivity contribution in [2.45, 2.75) is 31.8 Å². The fourth-order valence-electron chi connectivity index (χ4n) is 3.41. The zero-order valence-corrected chi connectivity index (χ0v) is 15.6. The van der Waals surface area contributed by atoms with Gasteiger partial charge in [-0.15, -0.1) is 0 Å². The first-order valence-electron chi connectivity index (χ1n) is 9.28. The van der Waals surface area contributed by atoms with Gasteiger partial charge in [-0.2, -0.15) is 10.2 Å². The fraction of sp³-hybridized carbons (Fsp3) is 0.238. The highest BCUT2D eigenvalue weighted by molar-refractivity contribution is 5.94. The van der Waals surface area contributed by atoms with Crippen molar-refractivity contribution in [3.63, 3.8) is 0 Å². The van der Waals surface area contributed by atoms with Crippen molar-refractivity contribution in [3.8, 4) is 0 Å². The van der Waals surface area contributed by atoms with Gasteiger partial charge < -0.3 is 0 Å². The molecular weight excluding hydrogens is 376 g/mol. The minimum Gasteiger partial charge on any atom is -0.271 e. The number of carbonyl (C=O) groups is 1. The number of carbonyl (C=O) groups excluding carboxylic acids is 1. The van der Waals surface area contributed by atoms with Crippen molar-refractivity contribution >= 4 is 23.0 Å². The summed E-state index contributed by atoms with van der Waals surface area (Å²) in [5.74, 6) is -1.71. The Labute approximate surface area is 166 Å². The quantitative estimate of drug-likeness (QED) is 0.593. The molecule has 1 aliphatic heterocycles. The molecule has 148 valence electrons. The van der Waals surface area contributed by atoms with E-state index in [0.29, 0.717) is 36.9 Å². The Morgan fingerprint density at radius 2 is 2.03 bits per heavy atom. The van der Waals surface area contributed by atoms with Gasteiger partial charge in [-0.1, -0.05) is 6.58 Å². The Balaban J connectivity index is 1.37. The van der Waals surface area contributed by atoms with Crippen molar-refractivity contribution in [1.29, 1.82) is 0 Å². The smallest absolute Gasteiger partial charge is 0.269 e. The summed E-state index contributed by atoms with van der Waals surface area (Å²) >= 11 is 0. The Hall–Kier alpha value is -3.42. The van der Waals surface area contributed by atoms with Gasteiger partial charge in [-0.05, 0) is 36.6 Å². The molecule has 1 aromatic carbocycles. The number of hydrazone groups is 1. The number of benzene rings is 1. The van der Waals surface area contributed by atoms with Gasteiger partial charge in [0.15, 0.2) is 0 Å². The van der Waals surface area contributed by atoms with Crippen LogP contribution in [0.3, 0.4) is 0 Å². The van der Waals surface area contributed by atoms with Gasteiger partial charge in [0.05, 0.1) is 12.2 Å². The predicted octanol–water partition coefficient (Wildman–Crippen LogP) is 4.01. The number of halogens is 2. The molecule has 0 bridgehead atoms. The summed E-state index contributed by atoms with van der Waals surface area (Å²) in [6, 6.07) is 4.61. The largest absolute Gasteiger partial charge is 0.271 e.